The van der Waals surface area contributed by atoms with Crippen LogP contribution in [-0.4, -0.2) is 32.0 Å². The summed E-state index contributed by atoms with van der Waals surface area (Å²) in [5, 5.41) is 3.47. The van der Waals surface area contributed by atoms with E-state index in [1.54, 1.807) is 0 Å². The van der Waals surface area contributed by atoms with Crippen LogP contribution in [0.2, 0.25) is 0 Å². The molecule has 2 aliphatic rings. The molecule has 1 N–H and O–H groups in total. The van der Waals surface area contributed by atoms with Crippen LogP contribution in [0.1, 0.15) is 16.7 Å². The molecule has 0 radical (unpaired) electrons. The molecule has 3 heteroatoms. The Labute approximate surface area is 95.5 Å². The summed E-state index contributed by atoms with van der Waals surface area (Å²) in [6.45, 7) is 3.57. The molecular weight excluding hydrogens is 200 g/mol. The summed E-state index contributed by atoms with van der Waals surface area (Å²) in [5.41, 5.74) is 4.04. The molecule has 1 saturated heterocycles. The van der Waals surface area contributed by atoms with E-state index in [9.17, 15) is 0 Å². The van der Waals surface area contributed by atoms with E-state index in [2.05, 4.69) is 28.5 Å². The quantitative estimate of drug-likeness (QED) is 0.822. The van der Waals surface area contributed by atoms with Gasteiger partial charge in [-0.05, 0) is 29.2 Å². The van der Waals surface area contributed by atoms with Crippen LogP contribution in [0.15, 0.2) is 23.2 Å². The Kier molecular flexibility index (Phi) is 2.72. The molecule has 0 aromatic heterocycles. The molecule has 0 saturated carbocycles. The lowest BCUT2D eigenvalue weighted by Crippen LogP contribution is -2.45. The zero-order valence-electron chi connectivity index (χ0n) is 9.28. The molecule has 0 amide bonds. The third-order valence-corrected chi connectivity index (χ3v) is 3.18. The SMILES string of the molecule is C1=NCCc2ccc(CNC3COC3)cc21. The van der Waals surface area contributed by atoms with Crippen molar-refractivity contribution in [3.63, 3.8) is 0 Å². The maximum atomic E-state index is 5.13. The summed E-state index contributed by atoms with van der Waals surface area (Å²) in [4.78, 5) is 4.32. The summed E-state index contributed by atoms with van der Waals surface area (Å²) in [7, 11) is 0. The number of nitrogens with one attached hydrogen (secondary N) is 1. The minimum absolute atomic E-state index is 0.546. The fourth-order valence-corrected chi connectivity index (χ4v) is 2.07. The number of benzene rings is 1. The summed E-state index contributed by atoms with van der Waals surface area (Å²) in [5.74, 6) is 0. The lowest BCUT2D eigenvalue weighted by Gasteiger charge is -2.27. The van der Waals surface area contributed by atoms with Crippen molar-refractivity contribution >= 4 is 6.21 Å². The first-order valence-electron chi connectivity index (χ1n) is 5.84. The highest BCUT2D eigenvalue weighted by atomic mass is 16.5. The molecule has 2 heterocycles. The van der Waals surface area contributed by atoms with Gasteiger partial charge in [-0.15, -0.1) is 0 Å². The third kappa shape index (κ3) is 2.01. The monoisotopic (exact) mass is 216 g/mol. The maximum Gasteiger partial charge on any atom is 0.0643 e. The van der Waals surface area contributed by atoms with E-state index in [0.29, 0.717) is 6.04 Å². The van der Waals surface area contributed by atoms with E-state index in [1.807, 2.05) is 6.21 Å². The van der Waals surface area contributed by atoms with Gasteiger partial charge in [-0.1, -0.05) is 12.1 Å². The van der Waals surface area contributed by atoms with Gasteiger partial charge in [-0.3, -0.25) is 4.99 Å². The van der Waals surface area contributed by atoms with Gasteiger partial charge in [-0.25, -0.2) is 0 Å². The lowest BCUT2D eigenvalue weighted by molar-refractivity contribution is -0.00578. The van der Waals surface area contributed by atoms with Crippen LogP contribution in [0.25, 0.3) is 0 Å². The number of ether oxygens (including phenoxy) is 1. The Balaban J connectivity index is 1.68. The maximum absolute atomic E-state index is 5.13. The smallest absolute Gasteiger partial charge is 0.0643 e. The van der Waals surface area contributed by atoms with E-state index in [4.69, 9.17) is 4.74 Å². The molecule has 16 heavy (non-hydrogen) atoms. The summed E-state index contributed by atoms with van der Waals surface area (Å²) < 4.78 is 5.13. The van der Waals surface area contributed by atoms with E-state index in [-0.39, 0.29) is 0 Å². The van der Waals surface area contributed by atoms with E-state index < -0.39 is 0 Å². The molecule has 0 atom stereocenters. The van der Waals surface area contributed by atoms with Crippen molar-refractivity contribution in [3.05, 3.63) is 34.9 Å². The van der Waals surface area contributed by atoms with Crippen molar-refractivity contribution in [1.29, 1.82) is 0 Å². The molecule has 0 spiro atoms. The van der Waals surface area contributed by atoms with Gasteiger partial charge in [0.2, 0.25) is 0 Å². The van der Waals surface area contributed by atoms with Gasteiger partial charge in [0.15, 0.2) is 0 Å². The van der Waals surface area contributed by atoms with Crippen LogP contribution < -0.4 is 5.32 Å². The van der Waals surface area contributed by atoms with E-state index in [1.165, 1.54) is 16.7 Å². The average Bonchev–Trinajstić information content (AvgIpc) is 2.27. The molecular formula is C13H16N2O. The fourth-order valence-electron chi connectivity index (χ4n) is 2.07. The molecule has 1 fully saturated rings. The second-order valence-electron chi connectivity index (χ2n) is 4.43. The van der Waals surface area contributed by atoms with Gasteiger partial charge in [0.1, 0.15) is 0 Å². The second kappa shape index (κ2) is 4.36. The summed E-state index contributed by atoms with van der Waals surface area (Å²) in [6.07, 6.45) is 3.07. The molecule has 1 aromatic rings. The van der Waals surface area contributed by atoms with Crippen molar-refractivity contribution in [2.45, 2.75) is 19.0 Å². The molecule has 0 unspecified atom stereocenters. The van der Waals surface area contributed by atoms with Gasteiger partial charge in [0, 0.05) is 19.3 Å². The number of fused-ring (bicyclic) bond motifs is 1. The number of aliphatic imine (C=N–C) groups is 1. The van der Waals surface area contributed by atoms with Crippen LogP contribution in [0, 0.1) is 0 Å². The van der Waals surface area contributed by atoms with Crippen molar-refractivity contribution in [2.24, 2.45) is 4.99 Å². The Morgan fingerprint density at radius 1 is 1.38 bits per heavy atom. The number of nitrogens with zero attached hydrogens (tertiary/aromatic N) is 1. The van der Waals surface area contributed by atoms with E-state index >= 15 is 0 Å². The van der Waals surface area contributed by atoms with Crippen molar-refractivity contribution in [2.75, 3.05) is 19.8 Å². The molecule has 3 nitrogen and oxygen atoms in total. The zero-order chi connectivity index (χ0) is 10.8. The summed E-state index contributed by atoms with van der Waals surface area (Å²) >= 11 is 0. The highest BCUT2D eigenvalue weighted by Crippen LogP contribution is 2.14. The van der Waals surface area contributed by atoms with E-state index in [0.717, 1.165) is 32.7 Å². The van der Waals surface area contributed by atoms with Crippen LogP contribution in [0.3, 0.4) is 0 Å². The first-order valence-corrected chi connectivity index (χ1v) is 5.84. The predicted molar refractivity (Wildman–Crippen MR) is 64.1 cm³/mol. The Hall–Kier alpha value is -1.19. The van der Waals surface area contributed by atoms with Crippen LogP contribution >= 0.6 is 0 Å². The number of rotatable bonds is 3. The molecule has 2 aliphatic heterocycles. The highest BCUT2D eigenvalue weighted by Gasteiger charge is 2.17. The minimum Gasteiger partial charge on any atom is -0.378 e. The minimum atomic E-state index is 0.546. The normalized spacial score (nSPS) is 19.2. The second-order valence-corrected chi connectivity index (χ2v) is 4.43. The predicted octanol–water partition coefficient (Wildman–Crippen LogP) is 1.15. The van der Waals surface area contributed by atoms with Gasteiger partial charge in [-0.2, -0.15) is 0 Å². The molecule has 84 valence electrons. The molecule has 3 rings (SSSR count). The van der Waals surface area contributed by atoms with Crippen LogP contribution in [0.5, 0.6) is 0 Å². The lowest BCUT2D eigenvalue weighted by atomic mass is 10.00. The zero-order valence-corrected chi connectivity index (χ0v) is 9.28. The van der Waals surface area contributed by atoms with Crippen molar-refractivity contribution < 1.29 is 4.74 Å². The van der Waals surface area contributed by atoms with Crippen LogP contribution in [0.4, 0.5) is 0 Å². The molecule has 0 aliphatic carbocycles. The fraction of sp³-hybridized carbons (Fsp3) is 0.462. The van der Waals surface area contributed by atoms with Gasteiger partial charge >= 0.3 is 0 Å². The highest BCUT2D eigenvalue weighted by molar-refractivity contribution is 5.83. The molecule has 1 aromatic carbocycles. The molecule has 0 bridgehead atoms. The third-order valence-electron chi connectivity index (χ3n) is 3.18. The Morgan fingerprint density at radius 3 is 3.12 bits per heavy atom. The Bertz CT molecular complexity index is 410. The van der Waals surface area contributed by atoms with Crippen molar-refractivity contribution in [1.82, 2.24) is 5.32 Å². The van der Waals surface area contributed by atoms with Gasteiger partial charge in [0.05, 0.1) is 19.3 Å². The standard InChI is InChI=1S/C13H16N2O/c1-2-11-3-4-14-7-12(11)5-10(1)6-15-13-8-16-9-13/h1-2,5,7,13,15H,3-4,6,8-9H2. The van der Waals surface area contributed by atoms with Crippen molar-refractivity contribution in [3.8, 4) is 0 Å². The average molecular weight is 216 g/mol. The Morgan fingerprint density at radius 2 is 2.31 bits per heavy atom. The van der Waals surface area contributed by atoms with Gasteiger partial charge < -0.3 is 10.1 Å². The first-order chi connectivity index (χ1) is 7.92. The summed E-state index contributed by atoms with van der Waals surface area (Å²) in [6, 6.07) is 7.23. The first kappa shape index (κ1) is 10.00. The largest absolute Gasteiger partial charge is 0.378 e. The number of hydrogen-bond donors (Lipinski definition) is 1. The topological polar surface area (TPSA) is 33.6 Å². The van der Waals surface area contributed by atoms with Gasteiger partial charge in [0.25, 0.3) is 0 Å². The number of hydrogen-bond acceptors (Lipinski definition) is 3. The van der Waals surface area contributed by atoms with Crippen LogP contribution in [-0.2, 0) is 17.7 Å².